The number of carbonyl (C=O) groups is 1. The van der Waals surface area contributed by atoms with Crippen LogP contribution < -0.4 is 14.8 Å². The fraction of sp³-hybridized carbons (Fsp3) is 0.0714. The molecule has 0 unspecified atom stereocenters. The molecular weight excluding hydrogens is 539 g/mol. The van der Waals surface area contributed by atoms with Gasteiger partial charge in [-0.25, -0.2) is 0 Å². The molecular formula is C28H21IN2O3. The first-order valence-corrected chi connectivity index (χ1v) is 11.6. The number of ether oxygens (including phenoxy) is 2. The highest BCUT2D eigenvalue weighted by Crippen LogP contribution is 2.34. The molecule has 168 valence electrons. The fourth-order valence-corrected chi connectivity index (χ4v) is 3.93. The Hall–Kier alpha value is -3.83. The first kappa shape index (κ1) is 23.3. The van der Waals surface area contributed by atoms with Crippen LogP contribution in [-0.2, 0) is 11.4 Å². The largest absolute Gasteiger partial charge is 0.493 e. The summed E-state index contributed by atoms with van der Waals surface area (Å²) in [6, 6.07) is 28.9. The molecule has 0 aliphatic carbocycles. The Balaban J connectivity index is 1.63. The third-order valence-corrected chi connectivity index (χ3v) is 5.97. The molecule has 0 fully saturated rings. The molecule has 5 nitrogen and oxygen atoms in total. The third kappa shape index (κ3) is 5.38. The second-order valence-electron chi connectivity index (χ2n) is 7.44. The molecule has 0 spiro atoms. The van der Waals surface area contributed by atoms with Gasteiger partial charge in [0.1, 0.15) is 18.2 Å². The number of halogens is 1. The number of amides is 1. The minimum atomic E-state index is -0.494. The second-order valence-corrected chi connectivity index (χ2v) is 8.68. The molecule has 0 aliphatic rings. The number of hydrogen-bond donors (Lipinski definition) is 1. The normalized spacial score (nSPS) is 11.0. The predicted octanol–water partition coefficient (Wildman–Crippen LogP) is 6.58. The summed E-state index contributed by atoms with van der Waals surface area (Å²) < 4.78 is 12.8. The van der Waals surface area contributed by atoms with Crippen LogP contribution in [0.25, 0.3) is 16.8 Å². The van der Waals surface area contributed by atoms with Crippen LogP contribution in [0.3, 0.4) is 0 Å². The summed E-state index contributed by atoms with van der Waals surface area (Å²) in [5.41, 5.74) is 2.18. The van der Waals surface area contributed by atoms with Crippen LogP contribution >= 0.6 is 22.6 Å². The third-order valence-electron chi connectivity index (χ3n) is 5.25. The summed E-state index contributed by atoms with van der Waals surface area (Å²) in [5, 5.41) is 14.7. The molecule has 1 N–H and O–H groups in total. The fourth-order valence-electron chi connectivity index (χ4n) is 3.57. The van der Waals surface area contributed by atoms with Crippen molar-refractivity contribution >= 4 is 51.0 Å². The van der Waals surface area contributed by atoms with E-state index in [0.717, 1.165) is 19.9 Å². The van der Waals surface area contributed by atoms with Crippen molar-refractivity contribution in [2.75, 3.05) is 12.4 Å². The van der Waals surface area contributed by atoms with Crippen molar-refractivity contribution in [1.82, 2.24) is 0 Å². The number of anilines is 1. The number of nitriles is 1. The van der Waals surface area contributed by atoms with Crippen LogP contribution in [-0.4, -0.2) is 13.0 Å². The molecule has 0 atom stereocenters. The van der Waals surface area contributed by atoms with Gasteiger partial charge >= 0.3 is 0 Å². The van der Waals surface area contributed by atoms with Gasteiger partial charge in [0.05, 0.1) is 7.11 Å². The lowest BCUT2D eigenvalue weighted by Gasteiger charge is -2.15. The Morgan fingerprint density at radius 1 is 1.00 bits per heavy atom. The van der Waals surface area contributed by atoms with E-state index in [1.165, 1.54) is 6.08 Å². The van der Waals surface area contributed by atoms with Crippen molar-refractivity contribution in [3.8, 4) is 17.6 Å². The summed E-state index contributed by atoms with van der Waals surface area (Å²) in [6.07, 6.45) is 1.52. The van der Waals surface area contributed by atoms with Gasteiger partial charge in [0.15, 0.2) is 11.5 Å². The first-order chi connectivity index (χ1) is 16.6. The van der Waals surface area contributed by atoms with Crippen molar-refractivity contribution in [3.05, 3.63) is 105 Å². The van der Waals surface area contributed by atoms with Gasteiger partial charge in [-0.05, 0) is 75.3 Å². The number of hydrogen-bond acceptors (Lipinski definition) is 4. The van der Waals surface area contributed by atoms with Crippen LogP contribution in [0.1, 0.15) is 11.1 Å². The molecule has 6 heteroatoms. The van der Waals surface area contributed by atoms with Gasteiger partial charge in [-0.2, -0.15) is 5.26 Å². The molecule has 4 aromatic rings. The zero-order valence-corrected chi connectivity index (χ0v) is 20.6. The number of fused-ring (bicyclic) bond motifs is 1. The first-order valence-electron chi connectivity index (χ1n) is 10.5. The lowest BCUT2D eigenvalue weighted by Crippen LogP contribution is -2.13. The second kappa shape index (κ2) is 10.9. The Morgan fingerprint density at radius 2 is 1.74 bits per heavy atom. The Labute approximate surface area is 211 Å². The van der Waals surface area contributed by atoms with Gasteiger partial charge in [-0.1, -0.05) is 54.6 Å². The van der Waals surface area contributed by atoms with E-state index in [-0.39, 0.29) is 5.57 Å². The van der Waals surface area contributed by atoms with E-state index in [0.29, 0.717) is 29.4 Å². The summed E-state index contributed by atoms with van der Waals surface area (Å²) in [7, 11) is 1.56. The van der Waals surface area contributed by atoms with Gasteiger partial charge in [0.2, 0.25) is 0 Å². The van der Waals surface area contributed by atoms with Gasteiger partial charge in [0, 0.05) is 14.8 Å². The van der Waals surface area contributed by atoms with E-state index >= 15 is 0 Å². The van der Waals surface area contributed by atoms with E-state index in [4.69, 9.17) is 9.47 Å². The van der Waals surface area contributed by atoms with E-state index in [1.807, 2.05) is 42.5 Å². The minimum absolute atomic E-state index is 0.0400. The Bertz CT molecular complexity index is 1400. The molecule has 0 saturated heterocycles. The standard InChI is InChI=1S/C28H21IN2O3/c1-33-26-11-5-8-20(16-22(17-30)28(32)31-24-14-12-23(29)13-15-24)27(26)34-18-21-9-4-7-19-6-2-3-10-25(19)21/h2-16H,18H2,1H3,(H,31,32)/b22-16+. The summed E-state index contributed by atoms with van der Waals surface area (Å²) in [5.74, 6) is 0.489. The molecule has 1 amide bonds. The molecule has 0 aromatic heterocycles. The SMILES string of the molecule is COc1cccc(/C=C(\C#N)C(=O)Nc2ccc(I)cc2)c1OCc1cccc2ccccc12. The molecule has 4 aromatic carbocycles. The predicted molar refractivity (Wildman–Crippen MR) is 143 cm³/mol. The molecule has 0 radical (unpaired) electrons. The van der Waals surface area contributed by atoms with E-state index < -0.39 is 5.91 Å². The van der Waals surface area contributed by atoms with Crippen molar-refractivity contribution in [1.29, 1.82) is 5.26 Å². The molecule has 0 heterocycles. The average Bonchev–Trinajstić information content (AvgIpc) is 2.87. The zero-order chi connectivity index (χ0) is 23.9. The quantitative estimate of drug-likeness (QED) is 0.158. The lowest BCUT2D eigenvalue weighted by atomic mass is 10.1. The Kier molecular flexibility index (Phi) is 7.45. The Morgan fingerprint density at radius 3 is 2.50 bits per heavy atom. The topological polar surface area (TPSA) is 71.3 Å². The van der Waals surface area contributed by atoms with Crippen molar-refractivity contribution in [3.63, 3.8) is 0 Å². The molecule has 34 heavy (non-hydrogen) atoms. The number of benzene rings is 4. The highest BCUT2D eigenvalue weighted by molar-refractivity contribution is 14.1. The number of nitrogens with zero attached hydrogens (tertiary/aromatic N) is 1. The van der Waals surface area contributed by atoms with Crippen LogP contribution in [0.5, 0.6) is 11.5 Å². The van der Waals surface area contributed by atoms with Crippen LogP contribution in [0.4, 0.5) is 5.69 Å². The minimum Gasteiger partial charge on any atom is -0.493 e. The van der Waals surface area contributed by atoms with E-state index in [1.54, 1.807) is 37.4 Å². The number of methoxy groups -OCH3 is 1. The van der Waals surface area contributed by atoms with E-state index in [9.17, 15) is 10.1 Å². The maximum atomic E-state index is 12.7. The van der Waals surface area contributed by atoms with Gasteiger partial charge in [0.25, 0.3) is 5.91 Å². The highest BCUT2D eigenvalue weighted by atomic mass is 127. The molecule has 4 rings (SSSR count). The average molecular weight is 560 g/mol. The molecule has 0 aliphatic heterocycles. The summed E-state index contributed by atoms with van der Waals surface area (Å²) in [4.78, 5) is 12.7. The molecule has 0 saturated carbocycles. The van der Waals surface area contributed by atoms with Crippen LogP contribution in [0, 0.1) is 14.9 Å². The van der Waals surface area contributed by atoms with Crippen LogP contribution in [0.15, 0.2) is 90.5 Å². The zero-order valence-electron chi connectivity index (χ0n) is 18.4. The molecule has 0 bridgehead atoms. The monoisotopic (exact) mass is 560 g/mol. The number of nitrogens with one attached hydrogen (secondary N) is 1. The maximum Gasteiger partial charge on any atom is 0.266 e. The van der Waals surface area contributed by atoms with Gasteiger partial charge in [-0.15, -0.1) is 0 Å². The van der Waals surface area contributed by atoms with Crippen molar-refractivity contribution < 1.29 is 14.3 Å². The lowest BCUT2D eigenvalue weighted by molar-refractivity contribution is -0.112. The van der Waals surface area contributed by atoms with E-state index in [2.05, 4.69) is 46.1 Å². The number of rotatable bonds is 7. The van der Waals surface area contributed by atoms with Gasteiger partial charge in [-0.3, -0.25) is 4.79 Å². The number of para-hydroxylation sites is 1. The van der Waals surface area contributed by atoms with Gasteiger partial charge < -0.3 is 14.8 Å². The smallest absolute Gasteiger partial charge is 0.266 e. The van der Waals surface area contributed by atoms with Crippen LogP contribution in [0.2, 0.25) is 0 Å². The van der Waals surface area contributed by atoms with Crippen molar-refractivity contribution in [2.24, 2.45) is 0 Å². The summed E-state index contributed by atoms with van der Waals surface area (Å²) >= 11 is 2.19. The van der Waals surface area contributed by atoms with Crippen molar-refractivity contribution in [2.45, 2.75) is 6.61 Å². The number of carbonyl (C=O) groups excluding carboxylic acids is 1. The maximum absolute atomic E-state index is 12.7. The highest BCUT2D eigenvalue weighted by Gasteiger charge is 2.15. The summed E-state index contributed by atoms with van der Waals surface area (Å²) in [6.45, 7) is 0.305.